The number of thioether (sulfide) groups is 1. The molecule has 0 aromatic heterocycles. The first-order valence-corrected chi connectivity index (χ1v) is 8.87. The van der Waals surface area contributed by atoms with Crippen LogP contribution in [0, 0.1) is 5.82 Å². The van der Waals surface area contributed by atoms with Gasteiger partial charge in [-0.05, 0) is 35.1 Å². The monoisotopic (exact) mass is 358 g/mol. The first-order valence-electron chi connectivity index (χ1n) is 7.92. The number of rotatable bonds is 6. The van der Waals surface area contributed by atoms with E-state index in [1.54, 1.807) is 12.1 Å². The van der Waals surface area contributed by atoms with Gasteiger partial charge in [0.1, 0.15) is 11.2 Å². The van der Waals surface area contributed by atoms with Gasteiger partial charge in [0.25, 0.3) is 0 Å². The maximum Gasteiger partial charge on any atom is 0.248 e. The number of hydrogen-bond acceptors (Lipinski definition) is 4. The smallest absolute Gasteiger partial charge is 0.248 e. The van der Waals surface area contributed by atoms with Gasteiger partial charge in [0, 0.05) is 6.20 Å². The van der Waals surface area contributed by atoms with E-state index < -0.39 is 18.1 Å². The van der Waals surface area contributed by atoms with Crippen LogP contribution in [0.3, 0.4) is 0 Å². The molecule has 1 amide bonds. The molecule has 0 saturated carbocycles. The van der Waals surface area contributed by atoms with E-state index in [2.05, 4.69) is 0 Å². The van der Waals surface area contributed by atoms with Gasteiger partial charge in [0.15, 0.2) is 6.10 Å². The van der Waals surface area contributed by atoms with E-state index in [9.17, 15) is 14.3 Å². The van der Waals surface area contributed by atoms with Crippen LogP contribution in [0.5, 0.6) is 0 Å². The number of aliphatic hydroxyl groups is 1. The number of benzene rings is 2. The lowest BCUT2D eigenvalue weighted by molar-refractivity contribution is -0.129. The molecule has 6 heteroatoms. The Labute approximate surface area is 150 Å². The van der Waals surface area contributed by atoms with Crippen molar-refractivity contribution in [3.05, 3.63) is 83.1 Å². The Morgan fingerprint density at radius 1 is 1.20 bits per heavy atom. The van der Waals surface area contributed by atoms with Gasteiger partial charge in [-0.2, -0.15) is 0 Å². The van der Waals surface area contributed by atoms with E-state index in [1.807, 2.05) is 46.8 Å². The van der Waals surface area contributed by atoms with Gasteiger partial charge in [0.2, 0.25) is 5.91 Å². The predicted octanol–water partition coefficient (Wildman–Crippen LogP) is 2.80. The summed E-state index contributed by atoms with van der Waals surface area (Å²) >= 11 is 1.54. The standard InChI is InChI=1S/C19H19FN2O2S/c20-15-8-6-14(7-9-15)19-22(10-11-25-19)16(17(23)18(21)24)12-13-4-2-1-3-5-13/h1-11,16-17,19,23H,12H2,(H2,21,24). The molecule has 3 unspecified atom stereocenters. The number of aliphatic hydroxyl groups excluding tert-OH is 1. The van der Waals surface area contributed by atoms with Crippen LogP contribution < -0.4 is 5.73 Å². The van der Waals surface area contributed by atoms with Crippen molar-refractivity contribution < 1.29 is 14.3 Å². The highest BCUT2D eigenvalue weighted by atomic mass is 32.2. The zero-order chi connectivity index (χ0) is 17.8. The lowest BCUT2D eigenvalue weighted by atomic mass is 9.98. The van der Waals surface area contributed by atoms with Crippen molar-refractivity contribution in [2.75, 3.05) is 0 Å². The molecule has 1 heterocycles. The number of primary amides is 1. The Hall–Kier alpha value is -2.31. The largest absolute Gasteiger partial charge is 0.381 e. The zero-order valence-electron chi connectivity index (χ0n) is 13.5. The second-order valence-corrected chi connectivity index (χ2v) is 6.87. The second-order valence-electron chi connectivity index (χ2n) is 5.88. The molecule has 4 nitrogen and oxygen atoms in total. The third-order valence-electron chi connectivity index (χ3n) is 4.19. The average Bonchev–Trinajstić information content (AvgIpc) is 3.10. The van der Waals surface area contributed by atoms with E-state index in [1.165, 1.54) is 23.9 Å². The molecule has 0 radical (unpaired) electrons. The van der Waals surface area contributed by atoms with Gasteiger partial charge in [0.05, 0.1) is 6.04 Å². The molecule has 0 saturated heterocycles. The molecule has 130 valence electrons. The van der Waals surface area contributed by atoms with Crippen LogP contribution in [0.25, 0.3) is 0 Å². The molecule has 0 bridgehead atoms. The summed E-state index contributed by atoms with van der Waals surface area (Å²) in [5, 5.41) is 12.2. The van der Waals surface area contributed by atoms with E-state index in [0.717, 1.165) is 11.1 Å². The molecule has 25 heavy (non-hydrogen) atoms. The predicted molar refractivity (Wildman–Crippen MR) is 96.8 cm³/mol. The second kappa shape index (κ2) is 7.72. The van der Waals surface area contributed by atoms with Crippen molar-refractivity contribution >= 4 is 17.7 Å². The fraction of sp³-hybridized carbons (Fsp3) is 0.211. The number of carbonyl (C=O) groups excluding carboxylic acids is 1. The molecule has 2 aromatic rings. The van der Waals surface area contributed by atoms with E-state index in [0.29, 0.717) is 6.42 Å². The van der Waals surface area contributed by atoms with Crippen LogP contribution >= 0.6 is 11.8 Å². The number of halogens is 1. The van der Waals surface area contributed by atoms with Gasteiger partial charge < -0.3 is 15.7 Å². The van der Waals surface area contributed by atoms with Gasteiger partial charge in [-0.1, -0.05) is 42.5 Å². The summed E-state index contributed by atoms with van der Waals surface area (Å²) in [7, 11) is 0. The highest BCUT2D eigenvalue weighted by molar-refractivity contribution is 8.02. The maximum absolute atomic E-state index is 13.2. The summed E-state index contributed by atoms with van der Waals surface area (Å²) in [6.07, 6.45) is 0.998. The molecule has 1 aliphatic heterocycles. The summed E-state index contributed by atoms with van der Waals surface area (Å²) < 4.78 is 13.2. The number of amides is 1. The third-order valence-corrected chi connectivity index (χ3v) is 5.25. The van der Waals surface area contributed by atoms with Gasteiger partial charge in [-0.3, -0.25) is 4.79 Å². The molecule has 0 aliphatic carbocycles. The SMILES string of the molecule is NC(=O)C(O)C(Cc1ccccc1)N1C=CSC1c1ccc(F)cc1. The van der Waals surface area contributed by atoms with Gasteiger partial charge in [-0.15, -0.1) is 11.8 Å². The minimum atomic E-state index is -1.31. The molecule has 0 spiro atoms. The zero-order valence-corrected chi connectivity index (χ0v) is 14.3. The van der Waals surface area contributed by atoms with Crippen LogP contribution in [0.4, 0.5) is 4.39 Å². The topological polar surface area (TPSA) is 66.6 Å². The van der Waals surface area contributed by atoms with Crippen LogP contribution in [-0.4, -0.2) is 28.1 Å². The Bertz CT molecular complexity index is 752. The number of nitrogens with two attached hydrogens (primary N) is 1. The van der Waals surface area contributed by atoms with Crippen molar-refractivity contribution in [2.45, 2.75) is 23.9 Å². The van der Waals surface area contributed by atoms with Crippen molar-refractivity contribution in [2.24, 2.45) is 5.73 Å². The Morgan fingerprint density at radius 3 is 2.52 bits per heavy atom. The van der Waals surface area contributed by atoms with E-state index >= 15 is 0 Å². The fourth-order valence-corrected chi connectivity index (χ4v) is 3.96. The summed E-state index contributed by atoms with van der Waals surface area (Å²) in [5.41, 5.74) is 7.26. The summed E-state index contributed by atoms with van der Waals surface area (Å²) in [6, 6.07) is 15.3. The highest BCUT2D eigenvalue weighted by Crippen LogP contribution is 2.41. The first kappa shape index (κ1) is 17.5. The van der Waals surface area contributed by atoms with Crippen molar-refractivity contribution in [3.63, 3.8) is 0 Å². The van der Waals surface area contributed by atoms with Gasteiger partial charge >= 0.3 is 0 Å². The minimum absolute atomic E-state index is 0.150. The van der Waals surface area contributed by atoms with Crippen LogP contribution in [0.1, 0.15) is 16.5 Å². The lowest BCUT2D eigenvalue weighted by Crippen LogP contribution is -2.48. The Morgan fingerprint density at radius 2 is 1.88 bits per heavy atom. The summed E-state index contributed by atoms with van der Waals surface area (Å²) in [5.74, 6) is -1.06. The third kappa shape index (κ3) is 4.03. The van der Waals surface area contributed by atoms with Crippen LogP contribution in [-0.2, 0) is 11.2 Å². The normalized spacial score (nSPS) is 19.0. The molecule has 2 aromatic carbocycles. The molecule has 0 fully saturated rings. The average molecular weight is 358 g/mol. The molecule has 3 N–H and O–H groups in total. The first-order chi connectivity index (χ1) is 12.1. The molecule has 3 rings (SSSR count). The lowest BCUT2D eigenvalue weighted by Gasteiger charge is -2.35. The highest BCUT2D eigenvalue weighted by Gasteiger charge is 2.35. The van der Waals surface area contributed by atoms with Gasteiger partial charge in [-0.25, -0.2) is 4.39 Å². The quantitative estimate of drug-likeness (QED) is 0.833. The van der Waals surface area contributed by atoms with Crippen molar-refractivity contribution in [1.29, 1.82) is 0 Å². The fourth-order valence-electron chi connectivity index (χ4n) is 2.92. The number of nitrogens with zero attached hydrogens (tertiary/aromatic N) is 1. The molecular formula is C19H19FN2O2S. The number of carbonyl (C=O) groups is 1. The molecule has 1 aliphatic rings. The van der Waals surface area contributed by atoms with Crippen LogP contribution in [0.15, 0.2) is 66.2 Å². The summed E-state index contributed by atoms with van der Waals surface area (Å²) in [6.45, 7) is 0. The van der Waals surface area contributed by atoms with Crippen molar-refractivity contribution in [3.8, 4) is 0 Å². The van der Waals surface area contributed by atoms with E-state index in [-0.39, 0.29) is 11.2 Å². The van der Waals surface area contributed by atoms with Crippen LogP contribution in [0.2, 0.25) is 0 Å². The Balaban J connectivity index is 1.89. The van der Waals surface area contributed by atoms with Crippen molar-refractivity contribution in [1.82, 2.24) is 4.90 Å². The maximum atomic E-state index is 13.2. The summed E-state index contributed by atoms with van der Waals surface area (Å²) in [4.78, 5) is 13.6. The molecule has 3 atom stereocenters. The number of hydrogen-bond donors (Lipinski definition) is 2. The Kier molecular flexibility index (Phi) is 5.40. The minimum Gasteiger partial charge on any atom is -0.381 e. The van der Waals surface area contributed by atoms with E-state index in [4.69, 9.17) is 5.73 Å². The molecular weight excluding hydrogens is 339 g/mol.